The third kappa shape index (κ3) is 5.57. The molecule has 0 aromatic heterocycles. The average Bonchev–Trinajstić information content (AvgIpc) is 3.06. The lowest BCUT2D eigenvalue weighted by Gasteiger charge is -2.28. The fraction of sp³-hybridized carbons (Fsp3) is 0.385. The zero-order valence-corrected chi connectivity index (χ0v) is 21.4. The van der Waals surface area contributed by atoms with Gasteiger partial charge in [0.25, 0.3) is 11.7 Å². The van der Waals surface area contributed by atoms with E-state index in [2.05, 4.69) is 4.90 Å². The van der Waals surface area contributed by atoms with Gasteiger partial charge in [0.2, 0.25) is 0 Å². The number of ketones is 1. The number of hydrogen-bond donors (Lipinski definition) is 1. The first-order valence-corrected chi connectivity index (χ1v) is 12.2. The van der Waals surface area contributed by atoms with Crippen LogP contribution in [0.4, 0.5) is 0 Å². The molecule has 0 saturated carbocycles. The van der Waals surface area contributed by atoms with Gasteiger partial charge in [-0.05, 0) is 68.9 Å². The van der Waals surface area contributed by atoms with Gasteiger partial charge in [-0.25, -0.2) is 0 Å². The van der Waals surface area contributed by atoms with Crippen LogP contribution in [0.25, 0.3) is 5.76 Å². The van der Waals surface area contributed by atoms with Crippen LogP contribution in [0.2, 0.25) is 10.0 Å². The molecular weight excluding hydrogens is 475 g/mol. The van der Waals surface area contributed by atoms with Crippen LogP contribution >= 0.6 is 23.2 Å². The minimum absolute atomic E-state index is 0.00484. The Bertz CT molecular complexity index is 1080. The van der Waals surface area contributed by atoms with Crippen LogP contribution in [-0.4, -0.2) is 58.9 Å². The molecule has 2 aromatic carbocycles. The van der Waals surface area contributed by atoms with Crippen molar-refractivity contribution in [2.24, 2.45) is 0 Å². The van der Waals surface area contributed by atoms with E-state index >= 15 is 0 Å². The van der Waals surface area contributed by atoms with Crippen LogP contribution < -0.4 is 4.74 Å². The van der Waals surface area contributed by atoms with Gasteiger partial charge in [-0.1, -0.05) is 43.1 Å². The van der Waals surface area contributed by atoms with E-state index in [0.717, 1.165) is 13.1 Å². The number of hydrogen-bond acceptors (Lipinski definition) is 5. The Kier molecular flexibility index (Phi) is 8.63. The molecule has 0 aliphatic carbocycles. The van der Waals surface area contributed by atoms with Crippen molar-refractivity contribution in [1.82, 2.24) is 9.80 Å². The van der Waals surface area contributed by atoms with Gasteiger partial charge in [0, 0.05) is 18.7 Å². The molecule has 182 valence electrons. The second-order valence-corrected chi connectivity index (χ2v) is 9.20. The van der Waals surface area contributed by atoms with Crippen molar-refractivity contribution < 1.29 is 19.4 Å². The van der Waals surface area contributed by atoms with Gasteiger partial charge < -0.3 is 19.6 Å². The molecule has 1 aliphatic rings. The molecule has 34 heavy (non-hydrogen) atoms. The molecule has 0 spiro atoms. The fourth-order valence-electron chi connectivity index (χ4n) is 4.05. The maximum absolute atomic E-state index is 13.2. The highest BCUT2D eigenvalue weighted by atomic mass is 35.5. The Hall–Kier alpha value is -2.54. The standard InChI is InChI=1S/C26H30Cl2N2O4/c1-5-29(6-2)13-14-30-23(18-9-12-20(27)21(28)15-18)22(25(32)26(30)33)24(31)17-7-10-19(11-8-17)34-16(3)4/h7-12,15-16,23,31H,5-6,13-14H2,1-4H3/b24-22+/t23-/m1/s1. The number of rotatable bonds is 9. The molecular formula is C26H30Cl2N2O4. The van der Waals surface area contributed by atoms with E-state index in [1.165, 1.54) is 4.90 Å². The van der Waals surface area contributed by atoms with Crippen LogP contribution in [0.15, 0.2) is 48.0 Å². The van der Waals surface area contributed by atoms with Crippen LogP contribution in [0, 0.1) is 0 Å². The monoisotopic (exact) mass is 504 g/mol. The van der Waals surface area contributed by atoms with Gasteiger partial charge in [0.15, 0.2) is 0 Å². The summed E-state index contributed by atoms with van der Waals surface area (Å²) < 4.78 is 5.66. The quantitative estimate of drug-likeness (QED) is 0.275. The van der Waals surface area contributed by atoms with Gasteiger partial charge in [-0.15, -0.1) is 0 Å². The maximum Gasteiger partial charge on any atom is 0.295 e. The first-order chi connectivity index (χ1) is 16.2. The summed E-state index contributed by atoms with van der Waals surface area (Å²) in [5.74, 6) is -0.969. The summed E-state index contributed by atoms with van der Waals surface area (Å²) in [4.78, 5) is 29.9. The molecule has 0 unspecified atom stereocenters. The van der Waals surface area contributed by atoms with E-state index in [1.807, 2.05) is 27.7 Å². The van der Waals surface area contributed by atoms with E-state index in [9.17, 15) is 14.7 Å². The second kappa shape index (κ2) is 11.3. The van der Waals surface area contributed by atoms with Gasteiger partial charge in [0.05, 0.1) is 27.8 Å². The largest absolute Gasteiger partial charge is 0.507 e. The number of benzene rings is 2. The predicted octanol–water partition coefficient (Wildman–Crippen LogP) is 5.54. The third-order valence-electron chi connectivity index (χ3n) is 5.85. The van der Waals surface area contributed by atoms with Crippen molar-refractivity contribution in [1.29, 1.82) is 0 Å². The Morgan fingerprint density at radius 2 is 1.71 bits per heavy atom. The van der Waals surface area contributed by atoms with Crippen molar-refractivity contribution in [3.05, 3.63) is 69.2 Å². The van der Waals surface area contributed by atoms with Crippen LogP contribution in [-0.2, 0) is 9.59 Å². The lowest BCUT2D eigenvalue weighted by molar-refractivity contribution is -0.140. The summed E-state index contributed by atoms with van der Waals surface area (Å²) in [5, 5.41) is 11.9. The molecule has 1 atom stereocenters. The minimum Gasteiger partial charge on any atom is -0.507 e. The zero-order valence-electron chi connectivity index (χ0n) is 19.8. The molecule has 3 rings (SSSR count). The number of carbonyl (C=O) groups is 2. The van der Waals surface area contributed by atoms with Crippen molar-refractivity contribution in [2.45, 2.75) is 39.8 Å². The summed E-state index contributed by atoms with van der Waals surface area (Å²) in [5.41, 5.74) is 1.05. The average molecular weight is 505 g/mol. The molecule has 0 bridgehead atoms. The number of likely N-dealkylation sites (N-methyl/N-ethyl adjacent to an activating group) is 1. The van der Waals surface area contributed by atoms with E-state index in [4.69, 9.17) is 27.9 Å². The smallest absolute Gasteiger partial charge is 0.295 e. The molecule has 6 nitrogen and oxygen atoms in total. The highest BCUT2D eigenvalue weighted by Gasteiger charge is 2.46. The van der Waals surface area contributed by atoms with Gasteiger partial charge in [-0.2, -0.15) is 0 Å². The molecule has 1 saturated heterocycles. The van der Waals surface area contributed by atoms with Crippen molar-refractivity contribution in [3.63, 3.8) is 0 Å². The summed E-state index contributed by atoms with van der Waals surface area (Å²) in [6, 6.07) is 11.0. The molecule has 1 fully saturated rings. The van der Waals surface area contributed by atoms with Crippen molar-refractivity contribution in [2.75, 3.05) is 26.2 Å². The molecule has 0 radical (unpaired) electrons. The number of likely N-dealkylation sites (tertiary alicyclic amines) is 1. The highest BCUT2D eigenvalue weighted by Crippen LogP contribution is 2.41. The molecule has 1 amide bonds. The number of aliphatic hydroxyl groups excluding tert-OH is 1. The van der Waals surface area contributed by atoms with E-state index in [1.54, 1.807) is 42.5 Å². The first kappa shape index (κ1) is 26.1. The van der Waals surface area contributed by atoms with Crippen LogP contribution in [0.3, 0.4) is 0 Å². The first-order valence-electron chi connectivity index (χ1n) is 11.4. The fourth-order valence-corrected chi connectivity index (χ4v) is 4.35. The number of nitrogens with zero attached hydrogens (tertiary/aromatic N) is 2. The number of ether oxygens (including phenoxy) is 1. The Balaban J connectivity index is 2.07. The summed E-state index contributed by atoms with van der Waals surface area (Å²) in [7, 11) is 0. The van der Waals surface area contributed by atoms with Crippen LogP contribution in [0.1, 0.15) is 44.9 Å². The van der Waals surface area contributed by atoms with Crippen LogP contribution in [0.5, 0.6) is 5.75 Å². The Labute approximate surface area is 210 Å². The number of Topliss-reactive ketones (excluding diaryl/α,β-unsaturated/α-hetero) is 1. The zero-order chi connectivity index (χ0) is 25.0. The maximum atomic E-state index is 13.2. The predicted molar refractivity (Wildman–Crippen MR) is 135 cm³/mol. The number of amides is 1. The number of halogens is 2. The lowest BCUT2D eigenvalue weighted by atomic mass is 9.95. The second-order valence-electron chi connectivity index (χ2n) is 8.38. The highest BCUT2D eigenvalue weighted by molar-refractivity contribution is 6.46. The van der Waals surface area contributed by atoms with Gasteiger partial charge >= 0.3 is 0 Å². The molecule has 2 aromatic rings. The van der Waals surface area contributed by atoms with E-state index in [-0.39, 0.29) is 17.4 Å². The molecule has 1 aliphatic heterocycles. The van der Waals surface area contributed by atoms with Crippen molar-refractivity contribution >= 4 is 40.7 Å². The summed E-state index contributed by atoms with van der Waals surface area (Å²) in [6.07, 6.45) is 0.00484. The van der Waals surface area contributed by atoms with Gasteiger partial charge in [0.1, 0.15) is 11.5 Å². The van der Waals surface area contributed by atoms with E-state index in [0.29, 0.717) is 40.0 Å². The topological polar surface area (TPSA) is 70.1 Å². The normalized spacial score (nSPS) is 17.8. The van der Waals surface area contributed by atoms with E-state index < -0.39 is 17.7 Å². The number of aliphatic hydroxyl groups is 1. The summed E-state index contributed by atoms with van der Waals surface area (Å²) >= 11 is 12.4. The molecule has 1 heterocycles. The number of carbonyl (C=O) groups excluding carboxylic acids is 2. The third-order valence-corrected chi connectivity index (χ3v) is 6.59. The minimum atomic E-state index is -0.781. The molecule has 1 N–H and O–H groups in total. The van der Waals surface area contributed by atoms with Gasteiger partial charge in [-0.3, -0.25) is 9.59 Å². The Morgan fingerprint density at radius 3 is 2.26 bits per heavy atom. The van der Waals surface area contributed by atoms with Crippen molar-refractivity contribution in [3.8, 4) is 5.75 Å². The Morgan fingerprint density at radius 1 is 1.06 bits per heavy atom. The molecule has 8 heteroatoms. The SMILES string of the molecule is CCN(CC)CCN1C(=O)C(=O)/C(=C(/O)c2ccc(OC(C)C)cc2)[C@H]1c1ccc(Cl)c(Cl)c1. The lowest BCUT2D eigenvalue weighted by Crippen LogP contribution is -2.38. The summed E-state index contributed by atoms with van der Waals surface area (Å²) in [6.45, 7) is 10.5.